The van der Waals surface area contributed by atoms with Crippen molar-refractivity contribution in [3.8, 4) is 5.69 Å². The van der Waals surface area contributed by atoms with Gasteiger partial charge in [-0.15, -0.1) is 0 Å². The zero-order valence-corrected chi connectivity index (χ0v) is 19.2. The lowest BCUT2D eigenvalue weighted by Crippen LogP contribution is -2.40. The molecule has 1 aliphatic rings. The molecular formula is C23H23Cl3N4O. The number of aromatic nitrogens is 2. The lowest BCUT2D eigenvalue weighted by atomic mass is 10.0. The van der Waals surface area contributed by atoms with Crippen LogP contribution in [-0.2, 0) is 6.42 Å². The van der Waals surface area contributed by atoms with Crippen LogP contribution in [0, 0.1) is 0 Å². The predicted octanol–water partition coefficient (Wildman–Crippen LogP) is 5.31. The molecule has 0 unspecified atom stereocenters. The van der Waals surface area contributed by atoms with Gasteiger partial charge in [-0.3, -0.25) is 4.79 Å². The Morgan fingerprint density at radius 1 is 1.00 bits per heavy atom. The van der Waals surface area contributed by atoms with Crippen LogP contribution in [0.15, 0.2) is 59.5 Å². The minimum atomic E-state index is -0.478. The van der Waals surface area contributed by atoms with Crippen LogP contribution in [0.4, 0.5) is 5.69 Å². The van der Waals surface area contributed by atoms with E-state index in [1.165, 1.54) is 16.4 Å². The van der Waals surface area contributed by atoms with Crippen LogP contribution < -0.4 is 10.9 Å². The summed E-state index contributed by atoms with van der Waals surface area (Å²) in [4.78, 5) is 14.8. The van der Waals surface area contributed by atoms with E-state index >= 15 is 0 Å². The van der Waals surface area contributed by atoms with Crippen molar-refractivity contribution in [1.29, 1.82) is 0 Å². The average molecular weight is 478 g/mol. The molecule has 0 bridgehead atoms. The van der Waals surface area contributed by atoms with Gasteiger partial charge in [0.05, 0.1) is 27.6 Å². The van der Waals surface area contributed by atoms with Gasteiger partial charge in [-0.1, -0.05) is 65.1 Å². The molecule has 162 valence electrons. The van der Waals surface area contributed by atoms with Crippen molar-refractivity contribution < 1.29 is 0 Å². The summed E-state index contributed by atoms with van der Waals surface area (Å²) in [6, 6.07) is 16.3. The molecule has 31 heavy (non-hydrogen) atoms. The number of anilines is 1. The van der Waals surface area contributed by atoms with Gasteiger partial charge in [0.2, 0.25) is 0 Å². The molecule has 0 saturated carbocycles. The second-order valence-electron chi connectivity index (χ2n) is 7.68. The minimum Gasteiger partial charge on any atom is -0.381 e. The fourth-order valence-electron chi connectivity index (χ4n) is 3.80. The van der Waals surface area contributed by atoms with E-state index in [1.807, 2.05) is 6.07 Å². The van der Waals surface area contributed by atoms with Crippen LogP contribution in [0.3, 0.4) is 0 Å². The molecule has 1 fully saturated rings. The van der Waals surface area contributed by atoms with E-state index in [-0.39, 0.29) is 10.0 Å². The average Bonchev–Trinajstić information content (AvgIpc) is 2.79. The van der Waals surface area contributed by atoms with Crippen molar-refractivity contribution in [2.45, 2.75) is 25.3 Å². The molecule has 0 radical (unpaired) electrons. The summed E-state index contributed by atoms with van der Waals surface area (Å²) < 4.78 is 1.19. The molecule has 1 saturated heterocycles. The molecule has 0 atom stereocenters. The Balaban J connectivity index is 1.34. The van der Waals surface area contributed by atoms with E-state index in [1.54, 1.807) is 12.1 Å². The highest BCUT2D eigenvalue weighted by Gasteiger charge is 2.20. The fourth-order valence-corrected chi connectivity index (χ4v) is 4.28. The second-order valence-corrected chi connectivity index (χ2v) is 8.88. The SMILES string of the molecule is O=c1c(Cl)c(Cl)cnn1-c1ccc(NC2CCN(CCc3ccccc3)CC2)c(Cl)c1. The van der Waals surface area contributed by atoms with Crippen LogP contribution in [0.1, 0.15) is 18.4 Å². The Kier molecular flexibility index (Phi) is 7.18. The maximum atomic E-state index is 12.3. The van der Waals surface area contributed by atoms with Gasteiger partial charge >= 0.3 is 0 Å². The molecule has 2 aromatic carbocycles. The van der Waals surface area contributed by atoms with Crippen molar-refractivity contribution in [2.75, 3.05) is 25.0 Å². The van der Waals surface area contributed by atoms with E-state index < -0.39 is 5.56 Å². The number of hydrogen-bond donors (Lipinski definition) is 1. The van der Waals surface area contributed by atoms with Crippen molar-refractivity contribution in [3.05, 3.63) is 85.7 Å². The number of likely N-dealkylation sites (tertiary alicyclic amines) is 1. The first-order valence-corrected chi connectivity index (χ1v) is 11.4. The summed E-state index contributed by atoms with van der Waals surface area (Å²) in [5.74, 6) is 0. The normalized spacial score (nSPS) is 15.2. The minimum absolute atomic E-state index is 0.0611. The summed E-state index contributed by atoms with van der Waals surface area (Å²) in [6.45, 7) is 3.20. The molecule has 8 heteroatoms. The lowest BCUT2D eigenvalue weighted by molar-refractivity contribution is 0.221. The van der Waals surface area contributed by atoms with Gasteiger partial charge < -0.3 is 10.2 Å². The third kappa shape index (κ3) is 5.42. The predicted molar refractivity (Wildman–Crippen MR) is 128 cm³/mol. The van der Waals surface area contributed by atoms with Gasteiger partial charge in [0.15, 0.2) is 0 Å². The summed E-state index contributed by atoms with van der Waals surface area (Å²) in [5, 5.41) is 8.19. The molecule has 4 rings (SSSR count). The van der Waals surface area contributed by atoms with E-state index in [0.717, 1.165) is 44.6 Å². The van der Waals surface area contributed by atoms with Gasteiger partial charge in [-0.05, 0) is 43.0 Å². The number of nitrogens with zero attached hydrogens (tertiary/aromatic N) is 3. The quantitative estimate of drug-likeness (QED) is 0.522. The Bertz CT molecular complexity index is 1100. The Hall–Kier alpha value is -2.05. The van der Waals surface area contributed by atoms with Crippen LogP contribution >= 0.6 is 34.8 Å². The summed E-state index contributed by atoms with van der Waals surface area (Å²) in [6.07, 6.45) is 4.53. The molecule has 0 aliphatic carbocycles. The zero-order chi connectivity index (χ0) is 21.8. The Labute approximate surface area is 196 Å². The largest absolute Gasteiger partial charge is 0.381 e. The first-order chi connectivity index (χ1) is 15.0. The van der Waals surface area contributed by atoms with Gasteiger partial charge in [-0.25, -0.2) is 0 Å². The van der Waals surface area contributed by atoms with E-state index in [4.69, 9.17) is 34.8 Å². The lowest BCUT2D eigenvalue weighted by Gasteiger charge is -2.33. The smallest absolute Gasteiger partial charge is 0.291 e. The van der Waals surface area contributed by atoms with Crippen LogP contribution in [-0.4, -0.2) is 40.4 Å². The van der Waals surface area contributed by atoms with Crippen molar-refractivity contribution in [3.63, 3.8) is 0 Å². The molecular weight excluding hydrogens is 455 g/mol. The molecule has 0 amide bonds. The monoisotopic (exact) mass is 476 g/mol. The van der Waals surface area contributed by atoms with Crippen LogP contribution in [0.25, 0.3) is 5.69 Å². The maximum absolute atomic E-state index is 12.3. The number of benzene rings is 2. The highest BCUT2D eigenvalue weighted by atomic mass is 35.5. The van der Waals surface area contributed by atoms with Gasteiger partial charge in [0.1, 0.15) is 5.02 Å². The molecule has 2 heterocycles. The maximum Gasteiger partial charge on any atom is 0.291 e. The van der Waals surface area contributed by atoms with Crippen LogP contribution in [0.5, 0.6) is 0 Å². The summed E-state index contributed by atoms with van der Waals surface area (Å²) in [7, 11) is 0. The molecule has 1 aliphatic heterocycles. The summed E-state index contributed by atoms with van der Waals surface area (Å²) in [5.41, 5.74) is 2.29. The Morgan fingerprint density at radius 2 is 1.74 bits per heavy atom. The molecule has 3 aromatic rings. The number of halogens is 3. The zero-order valence-electron chi connectivity index (χ0n) is 16.9. The first kappa shape index (κ1) is 22.2. The van der Waals surface area contributed by atoms with Gasteiger partial charge in [0.25, 0.3) is 5.56 Å². The molecule has 1 N–H and O–H groups in total. The standard InChI is InChI=1S/C23H23Cl3N4O/c24-19-14-18(30-23(31)22(26)20(25)15-27-30)6-7-21(19)28-17-9-12-29(13-10-17)11-8-16-4-2-1-3-5-16/h1-7,14-15,17,28H,8-13H2. The van der Waals surface area contributed by atoms with E-state index in [2.05, 4.69) is 45.6 Å². The highest BCUT2D eigenvalue weighted by molar-refractivity contribution is 6.41. The molecule has 0 spiro atoms. The van der Waals surface area contributed by atoms with Crippen molar-refractivity contribution in [2.24, 2.45) is 0 Å². The molecule has 5 nitrogen and oxygen atoms in total. The van der Waals surface area contributed by atoms with Gasteiger partial charge in [0, 0.05) is 25.7 Å². The number of rotatable bonds is 6. The highest BCUT2D eigenvalue weighted by Crippen LogP contribution is 2.27. The number of hydrogen-bond acceptors (Lipinski definition) is 4. The first-order valence-electron chi connectivity index (χ1n) is 10.3. The topological polar surface area (TPSA) is 50.2 Å². The second kappa shape index (κ2) is 10.0. The van der Waals surface area contributed by atoms with Crippen LogP contribution in [0.2, 0.25) is 15.1 Å². The number of piperidine rings is 1. The van der Waals surface area contributed by atoms with Gasteiger partial charge in [-0.2, -0.15) is 9.78 Å². The molecule has 1 aromatic heterocycles. The van der Waals surface area contributed by atoms with Crippen molar-refractivity contribution >= 4 is 40.5 Å². The Morgan fingerprint density at radius 3 is 2.45 bits per heavy atom. The van der Waals surface area contributed by atoms with Crippen molar-refractivity contribution in [1.82, 2.24) is 14.7 Å². The van der Waals surface area contributed by atoms with E-state index in [0.29, 0.717) is 16.8 Å². The third-order valence-corrected chi connectivity index (χ3v) is 6.64. The van der Waals surface area contributed by atoms with E-state index in [9.17, 15) is 4.79 Å². The fraction of sp³-hybridized carbons (Fsp3) is 0.304. The number of nitrogens with one attached hydrogen (secondary N) is 1. The third-order valence-electron chi connectivity index (χ3n) is 5.58. The summed E-state index contributed by atoms with van der Waals surface area (Å²) >= 11 is 18.3.